The number of halogens is 2. The van der Waals surface area contributed by atoms with E-state index >= 15 is 0 Å². The molecule has 0 heterocycles. The van der Waals surface area contributed by atoms with Gasteiger partial charge in [0.05, 0.1) is 0 Å². The van der Waals surface area contributed by atoms with Gasteiger partial charge in [-0.2, -0.15) is 12.1 Å². The van der Waals surface area contributed by atoms with Gasteiger partial charge in [-0.3, -0.25) is 0 Å². The minimum atomic E-state index is -0.826. The third kappa shape index (κ3) is 12.0. The molecule has 16 rings (SSSR count). The van der Waals surface area contributed by atoms with Crippen LogP contribution >= 0.6 is 17.0 Å². The van der Waals surface area contributed by atoms with E-state index in [2.05, 4.69) is 294 Å². The van der Waals surface area contributed by atoms with E-state index < -0.39 is 20.8 Å². The van der Waals surface area contributed by atoms with E-state index in [1.165, 1.54) is 202 Å². The van der Waals surface area contributed by atoms with Gasteiger partial charge in [-0.15, -0.1) is 44.8 Å². The first kappa shape index (κ1) is 60.9. The summed E-state index contributed by atoms with van der Waals surface area (Å²) < 4.78 is 0. The first-order valence-corrected chi connectivity index (χ1v) is 40.4. The van der Waals surface area contributed by atoms with Crippen molar-refractivity contribution in [3.63, 3.8) is 0 Å². The molecule has 0 saturated heterocycles. The van der Waals surface area contributed by atoms with Gasteiger partial charge in [-0.1, -0.05) is 306 Å². The Balaban J connectivity index is 0.000000152. The summed E-state index contributed by atoms with van der Waals surface area (Å²) in [6.07, 6.45) is 9.70. The summed E-state index contributed by atoms with van der Waals surface area (Å²) in [5.74, 6) is 0. The van der Waals surface area contributed by atoms with Gasteiger partial charge in [-0.05, 0) is 146 Å². The van der Waals surface area contributed by atoms with Crippen LogP contribution in [0, 0.1) is 0 Å². The van der Waals surface area contributed by atoms with Crippen LogP contribution in [-0.2, 0) is 33.7 Å². The van der Waals surface area contributed by atoms with Crippen LogP contribution in [0.2, 0.25) is 13.1 Å². The summed E-state index contributed by atoms with van der Waals surface area (Å²) in [7, 11) is 11.0. The number of aryl methyl sites for hydroxylation is 2. The Morgan fingerprint density at radius 2 is 0.500 bits per heavy atom. The fourth-order valence-corrected chi connectivity index (χ4v) is 14.3. The number of fused-ring (bicyclic) bond motifs is 10. The molecule has 0 saturated carbocycles. The van der Waals surface area contributed by atoms with Gasteiger partial charge in [0.15, 0.2) is 0 Å². The number of hydrogen-bond donors (Lipinski definition) is 0. The number of rotatable bonds is 12. The molecule has 0 aliphatic carbocycles. The Kier molecular flexibility index (Phi) is 19.0. The van der Waals surface area contributed by atoms with E-state index in [0.717, 1.165) is 22.4 Å². The topological polar surface area (TPSA) is 0 Å². The Morgan fingerprint density at radius 1 is 0.289 bits per heavy atom. The second kappa shape index (κ2) is 28.1. The normalized spacial score (nSPS) is 11.4. The monoisotopic (exact) mass is 1290 g/mol. The zero-order chi connectivity index (χ0) is 61.5. The summed E-state index contributed by atoms with van der Waals surface area (Å²) in [5.41, 5.74) is 13.6. The molecule has 0 spiro atoms. The Labute approximate surface area is 551 Å². The van der Waals surface area contributed by atoms with E-state index in [0.29, 0.717) is 0 Å². The molecule has 438 valence electrons. The molecule has 0 unspecified atom stereocenters. The third-order valence-corrected chi connectivity index (χ3v) is 18.2. The van der Waals surface area contributed by atoms with Crippen LogP contribution in [0.4, 0.5) is 0 Å². The van der Waals surface area contributed by atoms with Gasteiger partial charge >= 0.3 is 37.9 Å². The zero-order valence-corrected chi connectivity index (χ0v) is 56.8. The van der Waals surface area contributed by atoms with E-state index in [1.807, 2.05) is 0 Å². The van der Waals surface area contributed by atoms with Crippen LogP contribution in [0.3, 0.4) is 0 Å². The van der Waals surface area contributed by atoms with Gasteiger partial charge in [0.2, 0.25) is 0 Å². The molecule has 0 aliphatic heterocycles. The Hall–Kier alpha value is -7.94. The maximum atomic E-state index is 4.93. The van der Waals surface area contributed by atoms with Crippen molar-refractivity contribution >= 4 is 134 Å². The molecule has 4 heteroatoms. The second-order valence-corrected chi connectivity index (χ2v) is 28.7. The molecule has 16 aromatic carbocycles. The van der Waals surface area contributed by atoms with Crippen molar-refractivity contribution in [3.05, 3.63) is 278 Å². The summed E-state index contributed by atoms with van der Waals surface area (Å²) >= 11 is -0.826. The molecule has 0 aromatic heterocycles. The van der Waals surface area contributed by atoms with Crippen LogP contribution < -0.4 is 0 Å². The summed E-state index contributed by atoms with van der Waals surface area (Å²) in [6, 6.07) is 99.9. The van der Waals surface area contributed by atoms with Crippen molar-refractivity contribution in [2.45, 2.75) is 78.3 Å². The molecule has 0 aliphatic rings. The molecule has 0 N–H and O–H groups in total. The number of benzene rings is 14. The molecule has 0 atom stereocenters. The van der Waals surface area contributed by atoms with Crippen LogP contribution in [0.15, 0.2) is 267 Å². The van der Waals surface area contributed by atoms with Crippen molar-refractivity contribution in [3.8, 4) is 44.5 Å². The maximum absolute atomic E-state index is 4.93. The van der Waals surface area contributed by atoms with Crippen LogP contribution in [0.25, 0.3) is 152 Å². The van der Waals surface area contributed by atoms with E-state index in [1.54, 1.807) is 0 Å². The molecular weight excluding hydrogens is 1220 g/mol. The Bertz CT molecular complexity index is 4380. The molecule has 0 amide bonds. The fourth-order valence-electron chi connectivity index (χ4n) is 14.3. The van der Waals surface area contributed by atoms with E-state index in [4.69, 9.17) is 17.0 Å². The van der Waals surface area contributed by atoms with Crippen molar-refractivity contribution in [1.82, 2.24) is 0 Å². The second-order valence-electron chi connectivity index (χ2n) is 24.0. The van der Waals surface area contributed by atoms with Gasteiger partial charge < -0.3 is 0 Å². The van der Waals surface area contributed by atoms with Gasteiger partial charge in [0.1, 0.15) is 0 Å². The van der Waals surface area contributed by atoms with Crippen molar-refractivity contribution in [1.29, 1.82) is 0 Å². The van der Waals surface area contributed by atoms with Crippen LogP contribution in [0.1, 0.15) is 63.5 Å². The van der Waals surface area contributed by atoms with Gasteiger partial charge in [0, 0.05) is 9.52 Å². The number of unbranched alkanes of at least 4 members (excludes halogenated alkanes) is 4. The zero-order valence-electron chi connectivity index (χ0n) is 51.8. The summed E-state index contributed by atoms with van der Waals surface area (Å²) in [6.45, 7) is 8.88. The molecule has 0 fully saturated rings. The van der Waals surface area contributed by atoms with E-state index in [9.17, 15) is 0 Å². The average Bonchev–Trinajstić information content (AvgIpc) is 1.32. The molecule has 2 radical (unpaired) electrons. The van der Waals surface area contributed by atoms with Crippen LogP contribution in [0.5, 0.6) is 0 Å². The molecule has 0 nitrogen and oxygen atoms in total. The quantitative estimate of drug-likeness (QED) is 0.0495. The summed E-state index contributed by atoms with van der Waals surface area (Å²) in [5, 5.41) is 26.3. The first-order valence-electron chi connectivity index (χ1n) is 32.1. The van der Waals surface area contributed by atoms with Crippen LogP contribution in [-0.4, -0.2) is 9.52 Å². The molecular formula is C86H72Cl2SiZr. The first-order chi connectivity index (χ1) is 44.4. The SMILES string of the molecule is CCCCCc1cc2c(-c3c4ccccc4cc4ccccc34)ccc(-c3c4ccccc4cc4ccccc34)c2[cH-]1.CCCCCc1cc2c(-c3c4ccccc4cc4ccccc34)ccc(-c3c4ccccc4cc4ccccc34)c2[cH-]1.C[Si]C.[Cl][Zr+2][Cl]. The molecule has 0 bridgehead atoms. The van der Waals surface area contributed by atoms with E-state index in [-0.39, 0.29) is 0 Å². The predicted octanol–water partition coefficient (Wildman–Crippen LogP) is 26.6. The predicted molar refractivity (Wildman–Crippen MR) is 397 cm³/mol. The molecule has 90 heavy (non-hydrogen) atoms. The Morgan fingerprint density at radius 3 is 0.733 bits per heavy atom. The standard InChI is InChI=1S/2C42H33.C2H6Si.2ClH.Zr/c2*1-2-3-4-13-28-24-39-37(41-33-18-9-5-14-29(33)26-30-15-6-10-19-34(30)41)22-23-38(40(39)25-28)42-35-20-11-7-16-31(35)27-32-17-8-12-21-36(32)42;1-3-2;;;/h2*5-12,14-27H,2-4,13H2,1H3;1-2H3;2*1H;/q2*-1;;;;+4/p-2. The van der Waals surface area contributed by atoms with Crippen molar-refractivity contribution in [2.24, 2.45) is 0 Å². The van der Waals surface area contributed by atoms with Gasteiger partial charge in [0.25, 0.3) is 0 Å². The minimum absolute atomic E-state index is 0.826. The summed E-state index contributed by atoms with van der Waals surface area (Å²) in [4.78, 5) is 0. The average molecular weight is 1300 g/mol. The third-order valence-electron chi connectivity index (χ3n) is 18.2. The number of hydrogen-bond acceptors (Lipinski definition) is 0. The molecule has 16 aromatic rings. The van der Waals surface area contributed by atoms with Gasteiger partial charge in [-0.25, -0.2) is 0 Å². The van der Waals surface area contributed by atoms with Crippen molar-refractivity contribution in [2.75, 3.05) is 0 Å². The van der Waals surface area contributed by atoms with Crippen molar-refractivity contribution < 1.29 is 20.8 Å². The fraction of sp³-hybridized carbons (Fsp3) is 0.140.